The van der Waals surface area contributed by atoms with Crippen molar-refractivity contribution in [3.63, 3.8) is 0 Å². The van der Waals surface area contributed by atoms with E-state index in [1.165, 1.54) is 0 Å². The number of fused-ring (bicyclic) bond motifs is 1. The predicted molar refractivity (Wildman–Crippen MR) is 195 cm³/mol. The van der Waals surface area contributed by atoms with Crippen molar-refractivity contribution in [2.75, 3.05) is 13.2 Å². The second-order valence-corrected chi connectivity index (χ2v) is 11.8. The van der Waals surface area contributed by atoms with Crippen LogP contribution in [0, 0.1) is 0 Å². The molecule has 0 radical (unpaired) electrons. The van der Waals surface area contributed by atoms with Crippen molar-refractivity contribution in [1.29, 1.82) is 0 Å². The number of azide groups is 1. The lowest BCUT2D eigenvalue weighted by Crippen LogP contribution is -2.52. The van der Waals surface area contributed by atoms with Crippen LogP contribution in [0.2, 0.25) is 0 Å². The lowest BCUT2D eigenvalue weighted by molar-refractivity contribution is -0.129. The number of carbonyl (C=O) groups is 1. The SMILES string of the molecule is [N-]=[N+]=NCc1ccccc1[C@@H]1OC(c2ccc(OCCCO)cc2)=N[C@]1(C/C=C/c1ccccc1)C(=O)NNCc1cccc2ccccc12. The Kier molecular flexibility index (Phi) is 11.2. The van der Waals surface area contributed by atoms with Crippen molar-refractivity contribution in [2.45, 2.75) is 37.6 Å². The maximum Gasteiger partial charge on any atom is 0.266 e. The summed E-state index contributed by atoms with van der Waals surface area (Å²) < 4.78 is 12.4. The molecule has 0 spiro atoms. The highest BCUT2D eigenvalue weighted by atomic mass is 16.5. The maximum absolute atomic E-state index is 14.6. The summed E-state index contributed by atoms with van der Waals surface area (Å²) >= 11 is 0. The zero-order valence-corrected chi connectivity index (χ0v) is 27.5. The molecular formula is C40H38N6O4. The number of carbonyl (C=O) groups excluding carboxylic acids is 1. The van der Waals surface area contributed by atoms with E-state index in [4.69, 9.17) is 25.1 Å². The Hall–Kier alpha value is -5.93. The van der Waals surface area contributed by atoms with Crippen LogP contribution < -0.4 is 15.6 Å². The van der Waals surface area contributed by atoms with Crippen LogP contribution in [0.4, 0.5) is 0 Å². The molecule has 0 aliphatic carbocycles. The summed E-state index contributed by atoms with van der Waals surface area (Å²) in [5.74, 6) is 0.565. The highest BCUT2D eigenvalue weighted by molar-refractivity contribution is 6.01. The van der Waals surface area contributed by atoms with Crippen LogP contribution in [-0.4, -0.2) is 35.7 Å². The fourth-order valence-electron chi connectivity index (χ4n) is 6.05. The monoisotopic (exact) mass is 666 g/mol. The highest BCUT2D eigenvalue weighted by Crippen LogP contribution is 2.44. The van der Waals surface area contributed by atoms with Gasteiger partial charge in [0.15, 0.2) is 11.6 Å². The molecule has 1 aliphatic rings. The van der Waals surface area contributed by atoms with E-state index in [0.29, 0.717) is 42.3 Å². The van der Waals surface area contributed by atoms with E-state index in [-0.39, 0.29) is 25.5 Å². The number of aliphatic hydroxyl groups excluding tert-OH is 1. The number of hydrogen-bond donors (Lipinski definition) is 3. The first-order valence-corrected chi connectivity index (χ1v) is 16.5. The number of hydrazine groups is 1. The maximum atomic E-state index is 14.6. The van der Waals surface area contributed by atoms with E-state index in [2.05, 4.69) is 39.1 Å². The Balaban J connectivity index is 1.38. The Morgan fingerprint density at radius 1 is 0.940 bits per heavy atom. The summed E-state index contributed by atoms with van der Waals surface area (Å²) in [6.07, 6.45) is 3.78. The number of hydrogen-bond acceptors (Lipinski definition) is 7. The smallest absolute Gasteiger partial charge is 0.266 e. The van der Waals surface area contributed by atoms with Gasteiger partial charge >= 0.3 is 0 Å². The third-order valence-electron chi connectivity index (χ3n) is 8.57. The zero-order chi connectivity index (χ0) is 34.6. The van der Waals surface area contributed by atoms with E-state index in [0.717, 1.165) is 27.5 Å². The summed E-state index contributed by atoms with van der Waals surface area (Å²) in [5, 5.41) is 15.1. The fraction of sp³-hybridized carbons (Fsp3) is 0.200. The molecule has 0 saturated carbocycles. The molecule has 1 aliphatic heterocycles. The number of aliphatic hydroxyl groups is 1. The molecule has 0 unspecified atom stereocenters. The van der Waals surface area contributed by atoms with Crippen molar-refractivity contribution >= 4 is 28.7 Å². The van der Waals surface area contributed by atoms with Gasteiger partial charge in [-0.3, -0.25) is 10.2 Å². The van der Waals surface area contributed by atoms with E-state index >= 15 is 0 Å². The van der Waals surface area contributed by atoms with Crippen LogP contribution >= 0.6 is 0 Å². The second-order valence-electron chi connectivity index (χ2n) is 11.8. The number of rotatable bonds is 15. The topological polar surface area (TPSA) is 141 Å². The number of nitrogens with one attached hydrogen (secondary N) is 2. The first-order valence-electron chi connectivity index (χ1n) is 16.5. The molecule has 10 heteroatoms. The zero-order valence-electron chi connectivity index (χ0n) is 27.5. The molecule has 3 N–H and O–H groups in total. The second kappa shape index (κ2) is 16.5. The van der Waals surface area contributed by atoms with Gasteiger partial charge in [0, 0.05) is 36.5 Å². The van der Waals surface area contributed by atoms with Gasteiger partial charge < -0.3 is 14.6 Å². The molecule has 10 nitrogen and oxygen atoms in total. The molecule has 6 rings (SSSR count). The average Bonchev–Trinajstić information content (AvgIpc) is 3.55. The standard InChI is InChI=1S/C40H38N6O4/c41-46-43-28-33-15-5-7-19-36(33)37-40(24-9-13-29-11-2-1-3-12-29,44-38(50-37)31-20-22-34(23-21-31)49-26-10-25-47)39(48)45-42-27-32-17-8-16-30-14-4-6-18-35(30)32/h1-9,11-23,37,42,47H,10,24-28H2,(H,45,48)/b13-9+/t37-,40-/m0/s1. The summed E-state index contributed by atoms with van der Waals surface area (Å²) in [7, 11) is 0. The van der Waals surface area contributed by atoms with E-state index in [1.807, 2.05) is 115 Å². The molecule has 5 aromatic rings. The number of nitrogens with zero attached hydrogens (tertiary/aromatic N) is 4. The van der Waals surface area contributed by atoms with Crippen LogP contribution in [0.15, 0.2) is 138 Å². The number of ether oxygens (including phenoxy) is 2. The number of benzene rings is 5. The minimum atomic E-state index is -1.45. The Bertz CT molecular complexity index is 2020. The third-order valence-corrected chi connectivity index (χ3v) is 8.57. The molecule has 5 aromatic carbocycles. The lowest BCUT2D eigenvalue weighted by atomic mass is 9.82. The Labute approximate surface area is 290 Å². The average molecular weight is 667 g/mol. The molecule has 1 heterocycles. The van der Waals surface area contributed by atoms with Crippen LogP contribution in [0.3, 0.4) is 0 Å². The third kappa shape index (κ3) is 7.85. The van der Waals surface area contributed by atoms with Crippen molar-refractivity contribution in [1.82, 2.24) is 10.9 Å². The van der Waals surface area contributed by atoms with Crippen molar-refractivity contribution in [3.8, 4) is 5.75 Å². The number of aliphatic imine (C=N–C) groups is 1. The fourth-order valence-corrected chi connectivity index (χ4v) is 6.05. The van der Waals surface area contributed by atoms with Gasteiger partial charge in [-0.1, -0.05) is 114 Å². The number of amides is 1. The summed E-state index contributed by atoms with van der Waals surface area (Å²) in [4.78, 5) is 22.7. The van der Waals surface area contributed by atoms with Gasteiger partial charge in [-0.05, 0) is 62.8 Å². The van der Waals surface area contributed by atoms with Gasteiger partial charge in [0.25, 0.3) is 5.91 Å². The van der Waals surface area contributed by atoms with Gasteiger partial charge in [0.1, 0.15) is 5.75 Å². The normalized spacial score (nSPS) is 16.8. The van der Waals surface area contributed by atoms with Crippen molar-refractivity contribution in [2.24, 2.45) is 10.1 Å². The molecule has 2 atom stereocenters. The lowest BCUT2D eigenvalue weighted by Gasteiger charge is -2.31. The molecule has 1 amide bonds. The molecule has 252 valence electrons. The van der Waals surface area contributed by atoms with Gasteiger partial charge in [0.05, 0.1) is 13.2 Å². The van der Waals surface area contributed by atoms with Gasteiger partial charge in [-0.2, -0.15) is 0 Å². The van der Waals surface area contributed by atoms with Crippen LogP contribution in [0.5, 0.6) is 5.75 Å². The summed E-state index contributed by atoms with van der Waals surface area (Å²) in [6, 6.07) is 38.8. The highest BCUT2D eigenvalue weighted by Gasteiger charge is 2.53. The molecule has 0 saturated heterocycles. The van der Waals surface area contributed by atoms with E-state index in [9.17, 15) is 4.79 Å². The Morgan fingerprint density at radius 2 is 1.68 bits per heavy atom. The summed E-state index contributed by atoms with van der Waals surface area (Å²) in [6.45, 7) is 0.903. The minimum Gasteiger partial charge on any atom is -0.494 e. The van der Waals surface area contributed by atoms with Crippen molar-refractivity contribution in [3.05, 3.63) is 166 Å². The molecule has 0 bridgehead atoms. The molecular weight excluding hydrogens is 628 g/mol. The van der Waals surface area contributed by atoms with Gasteiger partial charge in [0.2, 0.25) is 5.90 Å². The largest absolute Gasteiger partial charge is 0.494 e. The van der Waals surface area contributed by atoms with E-state index in [1.54, 1.807) is 0 Å². The predicted octanol–water partition coefficient (Wildman–Crippen LogP) is 7.59. The first kappa shape index (κ1) is 34.0. The van der Waals surface area contributed by atoms with Gasteiger partial charge in [-0.15, -0.1) is 0 Å². The van der Waals surface area contributed by atoms with Gasteiger partial charge in [-0.25, -0.2) is 10.4 Å². The van der Waals surface area contributed by atoms with Crippen LogP contribution in [0.1, 0.15) is 46.8 Å². The minimum absolute atomic E-state index is 0.0466. The van der Waals surface area contributed by atoms with Crippen LogP contribution in [0.25, 0.3) is 27.3 Å². The molecule has 0 fully saturated rings. The molecule has 0 aromatic heterocycles. The quantitative estimate of drug-likeness (QED) is 0.0347. The Morgan fingerprint density at radius 3 is 2.50 bits per heavy atom. The molecule has 50 heavy (non-hydrogen) atoms. The summed E-state index contributed by atoms with van der Waals surface area (Å²) in [5.41, 5.74) is 17.9. The van der Waals surface area contributed by atoms with Crippen LogP contribution in [-0.2, 0) is 22.6 Å². The first-order chi connectivity index (χ1) is 24.6. The van der Waals surface area contributed by atoms with E-state index < -0.39 is 11.6 Å². The van der Waals surface area contributed by atoms with Crippen molar-refractivity contribution < 1.29 is 19.4 Å².